The molecule has 18 heavy (non-hydrogen) atoms. The van der Waals surface area contributed by atoms with E-state index >= 15 is 0 Å². The van der Waals surface area contributed by atoms with E-state index in [0.717, 1.165) is 17.7 Å². The maximum atomic E-state index is 11.3. The number of rotatable bonds is 8. The fraction of sp³-hybridized carbons (Fsp3) is 0.462. The smallest absolute Gasteiger partial charge is 0.214 e. The highest BCUT2D eigenvalue weighted by Gasteiger charge is 2.06. The van der Waals surface area contributed by atoms with E-state index in [2.05, 4.69) is 13.2 Å². The predicted molar refractivity (Wildman–Crippen MR) is 86.4 cm³/mol. The number of hydrogen-bond donors (Lipinski definition) is 0. The van der Waals surface area contributed by atoms with Crippen LogP contribution in [0.2, 0.25) is 0 Å². The summed E-state index contributed by atoms with van der Waals surface area (Å²) in [5.41, 5.74) is 1.13. The monoisotopic (exact) mass is 302 g/mol. The van der Waals surface area contributed by atoms with Gasteiger partial charge in [-0.05, 0) is 42.7 Å². The molecule has 0 spiro atoms. The van der Waals surface area contributed by atoms with Crippen LogP contribution in [0.4, 0.5) is 0 Å². The van der Waals surface area contributed by atoms with Gasteiger partial charge < -0.3 is 0 Å². The summed E-state index contributed by atoms with van der Waals surface area (Å²) in [6.45, 7) is 10.6. The van der Waals surface area contributed by atoms with Crippen LogP contribution in [0.15, 0.2) is 24.3 Å². The Morgan fingerprint density at radius 3 is 1.56 bits per heavy atom. The standard InChI is InChI=1S/C13H18O2S3/c1-9(2)12(14)17-7-5-11(16)6-8-18-13(15)10(3)4/h1,3,5-8H2,2,4H3. The summed E-state index contributed by atoms with van der Waals surface area (Å²) in [5, 5.41) is 0.0364. The Balaban J connectivity index is 3.67. The van der Waals surface area contributed by atoms with E-state index in [4.69, 9.17) is 12.2 Å². The van der Waals surface area contributed by atoms with Crippen molar-refractivity contribution in [3.8, 4) is 0 Å². The number of thioether (sulfide) groups is 2. The van der Waals surface area contributed by atoms with E-state index in [1.807, 2.05) is 0 Å². The van der Waals surface area contributed by atoms with Crippen molar-refractivity contribution in [1.29, 1.82) is 0 Å². The van der Waals surface area contributed by atoms with Crippen molar-refractivity contribution in [2.45, 2.75) is 26.7 Å². The van der Waals surface area contributed by atoms with E-state index in [-0.39, 0.29) is 10.2 Å². The first kappa shape index (κ1) is 17.6. The molecular formula is C13H18O2S3. The lowest BCUT2D eigenvalue weighted by Gasteiger charge is -2.03. The molecule has 0 aromatic carbocycles. The molecule has 0 aliphatic heterocycles. The van der Waals surface area contributed by atoms with Crippen LogP contribution in [0, 0.1) is 0 Å². The van der Waals surface area contributed by atoms with Gasteiger partial charge in [0, 0.05) is 11.5 Å². The largest absolute Gasteiger partial charge is 0.282 e. The van der Waals surface area contributed by atoms with Gasteiger partial charge in [-0.15, -0.1) is 0 Å². The third kappa shape index (κ3) is 8.66. The van der Waals surface area contributed by atoms with Gasteiger partial charge in [0.25, 0.3) is 0 Å². The molecule has 0 amide bonds. The molecular weight excluding hydrogens is 284 g/mol. The van der Waals surface area contributed by atoms with Gasteiger partial charge in [-0.2, -0.15) is 0 Å². The topological polar surface area (TPSA) is 34.1 Å². The summed E-state index contributed by atoms with van der Waals surface area (Å²) >= 11 is 7.68. The highest BCUT2D eigenvalue weighted by molar-refractivity contribution is 8.14. The van der Waals surface area contributed by atoms with Crippen molar-refractivity contribution in [2.75, 3.05) is 11.5 Å². The third-order valence-electron chi connectivity index (χ3n) is 1.93. The molecule has 0 heterocycles. The van der Waals surface area contributed by atoms with Crippen LogP contribution in [0.1, 0.15) is 26.7 Å². The molecule has 0 bridgehead atoms. The van der Waals surface area contributed by atoms with Gasteiger partial charge in [0.2, 0.25) is 10.2 Å². The Kier molecular flexibility index (Phi) is 9.32. The summed E-state index contributed by atoms with van der Waals surface area (Å²) in [4.78, 5) is 23.4. The molecule has 0 radical (unpaired) electrons. The minimum atomic E-state index is 0.0182. The average Bonchev–Trinajstić information content (AvgIpc) is 2.28. The molecule has 0 saturated heterocycles. The second-order valence-electron chi connectivity index (χ2n) is 3.87. The lowest BCUT2D eigenvalue weighted by atomic mass is 10.3. The molecule has 100 valence electrons. The number of carbonyl (C=O) groups excluding carboxylic acids is 2. The second kappa shape index (κ2) is 9.53. The maximum absolute atomic E-state index is 11.3. The molecule has 0 atom stereocenters. The zero-order valence-electron chi connectivity index (χ0n) is 10.8. The zero-order valence-corrected chi connectivity index (χ0v) is 13.2. The lowest BCUT2D eigenvalue weighted by Crippen LogP contribution is -2.02. The SMILES string of the molecule is C=C(C)C(=O)SCCC(=S)CCSC(=O)C(=C)C. The van der Waals surface area contributed by atoms with Crippen molar-refractivity contribution >= 4 is 50.8 Å². The molecule has 0 aliphatic carbocycles. The molecule has 0 aliphatic rings. The average molecular weight is 302 g/mol. The molecule has 0 unspecified atom stereocenters. The van der Waals surface area contributed by atoms with Crippen LogP contribution < -0.4 is 0 Å². The summed E-state index contributed by atoms with van der Waals surface area (Å²) in [7, 11) is 0. The van der Waals surface area contributed by atoms with E-state index in [9.17, 15) is 9.59 Å². The van der Waals surface area contributed by atoms with Crippen LogP contribution in [-0.2, 0) is 9.59 Å². The molecule has 0 N–H and O–H groups in total. The van der Waals surface area contributed by atoms with Gasteiger partial charge in [0.05, 0.1) is 0 Å². The second-order valence-corrected chi connectivity index (χ2v) is 6.58. The van der Waals surface area contributed by atoms with E-state index in [1.54, 1.807) is 13.8 Å². The van der Waals surface area contributed by atoms with Gasteiger partial charge in [-0.3, -0.25) is 9.59 Å². The highest BCUT2D eigenvalue weighted by Crippen LogP contribution is 2.14. The lowest BCUT2D eigenvalue weighted by molar-refractivity contribution is -0.108. The van der Waals surface area contributed by atoms with Crippen LogP contribution in [0.3, 0.4) is 0 Å². The van der Waals surface area contributed by atoms with Gasteiger partial charge >= 0.3 is 0 Å². The van der Waals surface area contributed by atoms with Gasteiger partial charge in [0.1, 0.15) is 0 Å². The fourth-order valence-electron chi connectivity index (χ4n) is 0.887. The molecule has 0 aromatic heterocycles. The quantitative estimate of drug-likeness (QED) is 0.503. The van der Waals surface area contributed by atoms with Crippen LogP contribution >= 0.6 is 35.7 Å². The molecule has 0 rings (SSSR count). The third-order valence-corrected chi connectivity index (χ3v) is 4.37. The van der Waals surface area contributed by atoms with Crippen molar-refractivity contribution < 1.29 is 9.59 Å². The van der Waals surface area contributed by atoms with Gasteiger partial charge in [0.15, 0.2) is 0 Å². The first-order chi connectivity index (χ1) is 8.34. The first-order valence-corrected chi connectivity index (χ1v) is 7.89. The summed E-state index contributed by atoms with van der Waals surface area (Å²) in [6, 6.07) is 0. The Morgan fingerprint density at radius 1 is 0.944 bits per heavy atom. The fourth-order valence-corrected chi connectivity index (χ4v) is 2.91. The van der Waals surface area contributed by atoms with Crippen molar-refractivity contribution in [3.05, 3.63) is 24.3 Å². The predicted octanol–water partition coefficient (Wildman–Crippen LogP) is 3.81. The van der Waals surface area contributed by atoms with E-state index < -0.39 is 0 Å². The summed E-state index contributed by atoms with van der Waals surface area (Å²) < 4.78 is 0. The first-order valence-electron chi connectivity index (χ1n) is 5.51. The number of hydrogen-bond acceptors (Lipinski definition) is 5. The Morgan fingerprint density at radius 2 is 1.28 bits per heavy atom. The minimum Gasteiger partial charge on any atom is -0.282 e. The zero-order chi connectivity index (χ0) is 14.1. The van der Waals surface area contributed by atoms with Gasteiger partial charge in [-0.25, -0.2) is 0 Å². The molecule has 2 nitrogen and oxygen atoms in total. The van der Waals surface area contributed by atoms with Crippen molar-refractivity contribution in [2.24, 2.45) is 0 Å². The summed E-state index contributed by atoms with van der Waals surface area (Å²) in [5.74, 6) is 1.37. The van der Waals surface area contributed by atoms with Gasteiger partial charge in [-0.1, -0.05) is 48.9 Å². The van der Waals surface area contributed by atoms with Crippen molar-refractivity contribution in [1.82, 2.24) is 0 Å². The van der Waals surface area contributed by atoms with Crippen LogP contribution in [0.25, 0.3) is 0 Å². The maximum Gasteiger partial charge on any atom is 0.214 e. The Labute approximate surface area is 123 Å². The molecule has 5 heteroatoms. The molecule has 0 fully saturated rings. The van der Waals surface area contributed by atoms with Crippen LogP contribution in [0.5, 0.6) is 0 Å². The van der Waals surface area contributed by atoms with Crippen LogP contribution in [-0.4, -0.2) is 26.6 Å². The number of carbonyl (C=O) groups is 2. The normalized spacial score (nSPS) is 9.89. The molecule has 0 saturated carbocycles. The Hall–Kier alpha value is -0.390. The summed E-state index contributed by atoms with van der Waals surface area (Å²) in [6.07, 6.45) is 1.45. The van der Waals surface area contributed by atoms with E-state index in [1.165, 1.54) is 23.5 Å². The molecule has 0 aromatic rings. The number of thiocarbonyl (C=S) groups is 1. The van der Waals surface area contributed by atoms with Crippen molar-refractivity contribution in [3.63, 3.8) is 0 Å². The van der Waals surface area contributed by atoms with E-state index in [0.29, 0.717) is 22.7 Å². The highest BCUT2D eigenvalue weighted by atomic mass is 32.2. The minimum absolute atomic E-state index is 0.0182. The Bertz CT molecular complexity index is 338.